The van der Waals surface area contributed by atoms with Crippen molar-refractivity contribution in [2.75, 3.05) is 24.3 Å². The van der Waals surface area contributed by atoms with Gasteiger partial charge in [0.15, 0.2) is 0 Å². The molecule has 1 amide bonds. The molecule has 2 aromatic heterocycles. The predicted molar refractivity (Wildman–Crippen MR) is 145 cm³/mol. The molecule has 0 atom stereocenters. The van der Waals surface area contributed by atoms with E-state index < -0.39 is 0 Å². The molecule has 2 N–H and O–H groups in total. The van der Waals surface area contributed by atoms with Gasteiger partial charge in [-0.2, -0.15) is 0 Å². The van der Waals surface area contributed by atoms with Gasteiger partial charge >= 0.3 is 0 Å². The minimum Gasteiger partial charge on any atom is -0.377 e. The van der Waals surface area contributed by atoms with Crippen molar-refractivity contribution in [1.29, 1.82) is 0 Å². The van der Waals surface area contributed by atoms with Gasteiger partial charge in [-0.3, -0.25) is 4.79 Å². The highest BCUT2D eigenvalue weighted by atomic mass is 35.5. The van der Waals surface area contributed by atoms with Crippen LogP contribution in [-0.2, 0) is 0 Å². The Bertz CT molecular complexity index is 1390. The maximum atomic E-state index is 13.2. The highest BCUT2D eigenvalue weighted by Crippen LogP contribution is 2.32. The summed E-state index contributed by atoms with van der Waals surface area (Å²) in [4.78, 5) is 20.2. The Hall–Kier alpha value is -3.58. The predicted octanol–water partition coefficient (Wildman–Crippen LogP) is 6.07. The third kappa shape index (κ3) is 4.88. The van der Waals surface area contributed by atoms with E-state index >= 15 is 0 Å². The number of nitrogens with one attached hydrogen (secondary N) is 2. The Balaban J connectivity index is 1.24. The highest BCUT2D eigenvalue weighted by molar-refractivity contribution is 6.33. The third-order valence-corrected chi connectivity index (χ3v) is 7.14. The number of anilines is 2. The third-order valence-electron chi connectivity index (χ3n) is 6.81. The number of hydrogen-bond acceptors (Lipinski definition) is 6. The largest absolute Gasteiger partial charge is 0.377 e. The van der Waals surface area contributed by atoms with E-state index in [0.29, 0.717) is 33.6 Å². The molecule has 4 aromatic rings. The zero-order chi connectivity index (χ0) is 25.2. The normalized spacial score (nSPS) is 17.7. The number of fused-ring (bicyclic) bond motifs is 1. The van der Waals surface area contributed by atoms with E-state index in [-0.39, 0.29) is 11.9 Å². The van der Waals surface area contributed by atoms with Gasteiger partial charge in [-0.15, -0.1) is 0 Å². The van der Waals surface area contributed by atoms with Crippen LogP contribution in [0.3, 0.4) is 0 Å². The molecule has 1 aliphatic carbocycles. The summed E-state index contributed by atoms with van der Waals surface area (Å²) >= 11 is 6.35. The van der Waals surface area contributed by atoms with E-state index in [0.717, 1.165) is 48.1 Å². The smallest absolute Gasteiger partial charge is 0.257 e. The lowest BCUT2D eigenvalue weighted by molar-refractivity contribution is 0.0925. The molecule has 0 radical (unpaired) electrons. The van der Waals surface area contributed by atoms with Gasteiger partial charge in [0, 0.05) is 48.9 Å². The lowest BCUT2D eigenvalue weighted by Gasteiger charge is -2.30. The molecule has 0 unspecified atom stereocenters. The number of carbonyl (C=O) groups excluding carboxylic acids is 1. The minimum absolute atomic E-state index is 0.0887. The number of rotatable bonds is 6. The van der Waals surface area contributed by atoms with E-state index in [1.165, 1.54) is 0 Å². The number of aryl methyl sites for hydroxylation is 1. The van der Waals surface area contributed by atoms with Crippen molar-refractivity contribution in [3.63, 3.8) is 0 Å². The van der Waals surface area contributed by atoms with Crippen LogP contribution >= 0.6 is 11.6 Å². The molecule has 0 spiro atoms. The molecule has 186 valence electrons. The topological polar surface area (TPSA) is 83.3 Å². The summed E-state index contributed by atoms with van der Waals surface area (Å²) in [6, 6.07) is 18.0. The second-order valence-corrected chi connectivity index (χ2v) is 9.95. The van der Waals surface area contributed by atoms with Crippen LogP contribution in [0.2, 0.25) is 5.02 Å². The van der Waals surface area contributed by atoms with Gasteiger partial charge in [-0.1, -0.05) is 53.2 Å². The fraction of sp³-hybridized carbons (Fsp3) is 0.321. The fourth-order valence-electron chi connectivity index (χ4n) is 4.93. The van der Waals surface area contributed by atoms with Gasteiger partial charge in [0.2, 0.25) is 0 Å². The van der Waals surface area contributed by atoms with Crippen molar-refractivity contribution >= 4 is 39.9 Å². The summed E-state index contributed by atoms with van der Waals surface area (Å²) in [5.41, 5.74) is 3.73. The zero-order valence-corrected chi connectivity index (χ0v) is 21.5. The van der Waals surface area contributed by atoms with Crippen molar-refractivity contribution in [2.24, 2.45) is 0 Å². The first kappa shape index (κ1) is 24.1. The van der Waals surface area contributed by atoms with Crippen LogP contribution in [0.15, 0.2) is 59.1 Å². The minimum atomic E-state index is -0.174. The summed E-state index contributed by atoms with van der Waals surface area (Å²) in [5.74, 6) is 1.19. The van der Waals surface area contributed by atoms with Crippen LogP contribution in [0.5, 0.6) is 0 Å². The second-order valence-electron chi connectivity index (χ2n) is 9.55. The standard InChI is InChI=1S/C28H30ClN5O2/c1-17-26(27(33-36-17)20-8-4-6-10-22(20)29)28(35)31-19-14-12-18(13-15-19)30-25-16-24(34(2)3)21-9-5-7-11-23(21)32-25/h4-11,16,18-19H,12-15H2,1-3H3,(H,30,32)(H,31,35). The molecule has 0 aliphatic heterocycles. The average Bonchev–Trinajstić information content (AvgIpc) is 3.26. The lowest BCUT2D eigenvalue weighted by atomic mass is 9.90. The Labute approximate surface area is 215 Å². The summed E-state index contributed by atoms with van der Waals surface area (Å²) in [6.45, 7) is 1.75. The Morgan fingerprint density at radius 2 is 1.72 bits per heavy atom. The molecule has 5 rings (SSSR count). The van der Waals surface area contributed by atoms with Gasteiger partial charge < -0.3 is 20.1 Å². The SMILES string of the molecule is Cc1onc(-c2ccccc2Cl)c1C(=O)NC1CCC(Nc2cc(N(C)C)c3ccccc3n2)CC1. The first-order valence-electron chi connectivity index (χ1n) is 12.3. The van der Waals surface area contributed by atoms with Gasteiger partial charge in [0.05, 0.1) is 10.5 Å². The summed E-state index contributed by atoms with van der Waals surface area (Å²) < 4.78 is 5.37. The second kappa shape index (κ2) is 10.2. The number of para-hydroxylation sites is 1. The Morgan fingerprint density at radius 3 is 2.47 bits per heavy atom. The zero-order valence-electron chi connectivity index (χ0n) is 20.7. The first-order valence-corrected chi connectivity index (χ1v) is 12.6. The van der Waals surface area contributed by atoms with E-state index in [9.17, 15) is 4.79 Å². The van der Waals surface area contributed by atoms with E-state index in [2.05, 4.69) is 32.8 Å². The molecule has 2 aromatic carbocycles. The summed E-state index contributed by atoms with van der Waals surface area (Å²) in [5, 5.41) is 12.6. The summed E-state index contributed by atoms with van der Waals surface area (Å²) in [7, 11) is 4.10. The number of hydrogen-bond donors (Lipinski definition) is 2. The van der Waals surface area contributed by atoms with Crippen LogP contribution < -0.4 is 15.5 Å². The van der Waals surface area contributed by atoms with Crippen molar-refractivity contribution in [3.05, 3.63) is 70.9 Å². The Kier molecular flexibility index (Phi) is 6.83. The molecule has 1 aliphatic rings. The fourth-order valence-corrected chi connectivity index (χ4v) is 5.15. The lowest BCUT2D eigenvalue weighted by Crippen LogP contribution is -2.40. The van der Waals surface area contributed by atoms with E-state index in [1.807, 2.05) is 50.5 Å². The summed E-state index contributed by atoms with van der Waals surface area (Å²) in [6.07, 6.45) is 3.64. The molecule has 1 saturated carbocycles. The molecule has 36 heavy (non-hydrogen) atoms. The van der Waals surface area contributed by atoms with E-state index in [1.54, 1.807) is 13.0 Å². The van der Waals surface area contributed by atoms with Crippen molar-refractivity contribution in [1.82, 2.24) is 15.5 Å². The van der Waals surface area contributed by atoms with Crippen molar-refractivity contribution in [2.45, 2.75) is 44.7 Å². The number of nitrogens with zero attached hydrogens (tertiary/aromatic N) is 3. The molecule has 1 fully saturated rings. The highest BCUT2D eigenvalue weighted by Gasteiger charge is 2.27. The van der Waals surface area contributed by atoms with Crippen LogP contribution in [0, 0.1) is 6.92 Å². The molecule has 0 saturated heterocycles. The van der Waals surface area contributed by atoms with Gasteiger partial charge in [-0.05, 0) is 44.7 Å². The monoisotopic (exact) mass is 503 g/mol. The van der Waals surface area contributed by atoms with Gasteiger partial charge in [-0.25, -0.2) is 4.98 Å². The quantitative estimate of drug-likeness (QED) is 0.332. The number of pyridine rings is 1. The first-order chi connectivity index (χ1) is 17.4. The average molecular weight is 504 g/mol. The number of aromatic nitrogens is 2. The van der Waals surface area contributed by atoms with Crippen molar-refractivity contribution in [3.8, 4) is 11.3 Å². The number of carbonyl (C=O) groups is 1. The number of halogens is 1. The molecular formula is C28H30ClN5O2. The molecule has 7 nitrogen and oxygen atoms in total. The molecule has 2 heterocycles. The number of benzene rings is 2. The van der Waals surface area contributed by atoms with Gasteiger partial charge in [0.1, 0.15) is 22.8 Å². The van der Waals surface area contributed by atoms with Crippen LogP contribution in [0.25, 0.3) is 22.2 Å². The maximum absolute atomic E-state index is 13.2. The van der Waals surface area contributed by atoms with Crippen LogP contribution in [0.4, 0.5) is 11.5 Å². The molecular weight excluding hydrogens is 474 g/mol. The molecule has 8 heteroatoms. The Morgan fingerprint density at radius 1 is 1.03 bits per heavy atom. The number of amides is 1. The maximum Gasteiger partial charge on any atom is 0.257 e. The van der Waals surface area contributed by atoms with Crippen LogP contribution in [0.1, 0.15) is 41.8 Å². The van der Waals surface area contributed by atoms with Gasteiger partial charge in [0.25, 0.3) is 5.91 Å². The van der Waals surface area contributed by atoms with E-state index in [4.69, 9.17) is 21.1 Å². The van der Waals surface area contributed by atoms with Crippen molar-refractivity contribution < 1.29 is 9.32 Å². The molecule has 0 bridgehead atoms. The van der Waals surface area contributed by atoms with Crippen LogP contribution in [-0.4, -0.2) is 42.2 Å².